The monoisotopic (exact) mass is 237 g/mol. The van der Waals surface area contributed by atoms with Gasteiger partial charge in [-0.3, -0.25) is 4.98 Å². The van der Waals surface area contributed by atoms with Gasteiger partial charge in [0, 0.05) is 21.4 Å². The highest BCUT2D eigenvalue weighted by Gasteiger charge is 2.00. The second kappa shape index (κ2) is 3.34. The van der Waals surface area contributed by atoms with Crippen molar-refractivity contribution in [3.05, 3.63) is 35.1 Å². The number of hydrogen-bond donors (Lipinski definition) is 0. The molecule has 2 aromatic rings. The first-order valence-electron chi connectivity index (χ1n) is 3.88. The molecule has 1 heterocycles. The highest BCUT2D eigenvalue weighted by Crippen LogP contribution is 2.26. The lowest BCUT2D eigenvalue weighted by atomic mass is 10.2. The Balaban J connectivity index is 2.77. The number of fused-ring (bicyclic) bond motifs is 1. The number of aromatic nitrogens is 1. The van der Waals surface area contributed by atoms with Gasteiger partial charge in [-0.05, 0) is 18.2 Å². The van der Waals surface area contributed by atoms with Crippen LogP contribution in [0.2, 0.25) is 0 Å². The molecule has 0 saturated carbocycles. The largest absolute Gasteiger partial charge is 0.494 e. The van der Waals surface area contributed by atoms with Crippen LogP contribution >= 0.6 is 15.9 Å². The maximum atomic E-state index is 5.19. The minimum Gasteiger partial charge on any atom is -0.494 e. The third-order valence-corrected chi connectivity index (χ3v) is 2.40. The van der Waals surface area contributed by atoms with Crippen molar-refractivity contribution in [1.29, 1.82) is 0 Å². The zero-order valence-electron chi connectivity index (χ0n) is 7.12. The summed E-state index contributed by atoms with van der Waals surface area (Å²) in [5, 5.41) is 2.16. The summed E-state index contributed by atoms with van der Waals surface area (Å²) in [7, 11) is 1.65. The third kappa shape index (κ3) is 1.52. The van der Waals surface area contributed by atoms with Crippen molar-refractivity contribution in [3.63, 3.8) is 0 Å². The molecule has 0 radical (unpaired) electrons. The molecule has 1 aromatic carbocycles. The van der Waals surface area contributed by atoms with Crippen LogP contribution in [0, 0.1) is 0 Å². The van der Waals surface area contributed by atoms with Crippen LogP contribution in [0.1, 0.15) is 0 Å². The van der Waals surface area contributed by atoms with Crippen molar-refractivity contribution in [2.45, 2.75) is 0 Å². The van der Waals surface area contributed by atoms with Gasteiger partial charge in [0.25, 0.3) is 0 Å². The topological polar surface area (TPSA) is 22.1 Å². The van der Waals surface area contributed by atoms with Crippen LogP contribution in [0.15, 0.2) is 35.1 Å². The molecule has 66 valence electrons. The quantitative estimate of drug-likeness (QED) is 0.761. The molecule has 0 atom stereocenters. The van der Waals surface area contributed by atoms with E-state index in [2.05, 4.69) is 20.9 Å². The minimum absolute atomic E-state index is 0.810. The van der Waals surface area contributed by atoms with Gasteiger partial charge in [-0.2, -0.15) is 0 Å². The zero-order valence-corrected chi connectivity index (χ0v) is 8.71. The Labute approximate surface area is 84.7 Å². The predicted molar refractivity (Wildman–Crippen MR) is 56.0 cm³/mol. The summed E-state index contributed by atoms with van der Waals surface area (Å²) in [6.45, 7) is 0. The second-order valence-electron chi connectivity index (χ2n) is 2.71. The standard InChI is InChI=1S/C10H8BrNO/c1-13-10-6-12-5-7-4-8(11)2-3-9(7)10/h2-6H,1H3. The highest BCUT2D eigenvalue weighted by molar-refractivity contribution is 9.10. The van der Waals surface area contributed by atoms with Crippen LogP contribution in [0.5, 0.6) is 5.75 Å². The summed E-state index contributed by atoms with van der Waals surface area (Å²) in [4.78, 5) is 4.08. The van der Waals surface area contributed by atoms with Gasteiger partial charge < -0.3 is 4.74 Å². The average molecular weight is 238 g/mol. The molecular formula is C10H8BrNO. The van der Waals surface area contributed by atoms with Gasteiger partial charge >= 0.3 is 0 Å². The fourth-order valence-electron chi connectivity index (χ4n) is 1.28. The second-order valence-corrected chi connectivity index (χ2v) is 3.62. The SMILES string of the molecule is COc1cncc2cc(Br)ccc12. The molecule has 0 saturated heterocycles. The molecule has 0 bridgehead atoms. The van der Waals surface area contributed by atoms with E-state index >= 15 is 0 Å². The van der Waals surface area contributed by atoms with Crippen LogP contribution in [0.4, 0.5) is 0 Å². The molecule has 0 aliphatic carbocycles. The lowest BCUT2D eigenvalue weighted by molar-refractivity contribution is 0.418. The maximum absolute atomic E-state index is 5.19. The first kappa shape index (κ1) is 8.51. The van der Waals surface area contributed by atoms with Gasteiger partial charge in [0.15, 0.2) is 0 Å². The van der Waals surface area contributed by atoms with Gasteiger partial charge in [-0.1, -0.05) is 15.9 Å². The molecular weight excluding hydrogens is 230 g/mol. The predicted octanol–water partition coefficient (Wildman–Crippen LogP) is 3.01. The molecule has 0 spiro atoms. The summed E-state index contributed by atoms with van der Waals surface area (Å²) in [5.41, 5.74) is 0. The van der Waals surface area contributed by atoms with Gasteiger partial charge in [-0.15, -0.1) is 0 Å². The van der Waals surface area contributed by atoms with Crippen molar-refractivity contribution < 1.29 is 4.74 Å². The first-order valence-corrected chi connectivity index (χ1v) is 4.68. The molecule has 0 aliphatic heterocycles. The Kier molecular flexibility index (Phi) is 2.19. The van der Waals surface area contributed by atoms with Crippen molar-refractivity contribution in [2.24, 2.45) is 0 Å². The van der Waals surface area contributed by atoms with E-state index in [1.54, 1.807) is 13.3 Å². The maximum Gasteiger partial charge on any atom is 0.144 e. The van der Waals surface area contributed by atoms with Gasteiger partial charge in [0.2, 0.25) is 0 Å². The molecule has 0 fully saturated rings. The highest BCUT2D eigenvalue weighted by atomic mass is 79.9. The van der Waals surface area contributed by atoms with E-state index in [1.807, 2.05) is 24.4 Å². The van der Waals surface area contributed by atoms with E-state index < -0.39 is 0 Å². The van der Waals surface area contributed by atoms with E-state index in [0.29, 0.717) is 0 Å². The van der Waals surface area contributed by atoms with Gasteiger partial charge in [0.1, 0.15) is 5.75 Å². The fourth-order valence-corrected chi connectivity index (χ4v) is 1.66. The number of ether oxygens (including phenoxy) is 1. The lowest BCUT2D eigenvalue weighted by Gasteiger charge is -2.03. The van der Waals surface area contributed by atoms with Crippen molar-refractivity contribution in [2.75, 3.05) is 7.11 Å². The van der Waals surface area contributed by atoms with Crippen LogP contribution in [0.25, 0.3) is 10.8 Å². The molecule has 0 N–H and O–H groups in total. The molecule has 3 heteroatoms. The van der Waals surface area contributed by atoms with E-state index in [9.17, 15) is 0 Å². The van der Waals surface area contributed by atoms with E-state index in [0.717, 1.165) is 21.0 Å². The van der Waals surface area contributed by atoms with Crippen molar-refractivity contribution >= 4 is 26.7 Å². The summed E-state index contributed by atoms with van der Waals surface area (Å²) in [6, 6.07) is 6.02. The first-order chi connectivity index (χ1) is 6.31. The number of nitrogens with zero attached hydrogens (tertiary/aromatic N) is 1. The molecule has 13 heavy (non-hydrogen) atoms. The van der Waals surface area contributed by atoms with Crippen molar-refractivity contribution in [3.8, 4) is 5.75 Å². The fraction of sp³-hybridized carbons (Fsp3) is 0.100. The zero-order chi connectivity index (χ0) is 9.26. The Morgan fingerprint density at radius 2 is 2.15 bits per heavy atom. The number of methoxy groups -OCH3 is 1. The summed E-state index contributed by atoms with van der Waals surface area (Å²) in [5.74, 6) is 0.810. The van der Waals surface area contributed by atoms with Gasteiger partial charge in [-0.25, -0.2) is 0 Å². The normalized spacial score (nSPS) is 10.3. The van der Waals surface area contributed by atoms with Crippen LogP contribution in [-0.2, 0) is 0 Å². The Hall–Kier alpha value is -1.09. The minimum atomic E-state index is 0.810. The Morgan fingerprint density at radius 1 is 1.31 bits per heavy atom. The molecule has 0 amide bonds. The molecule has 2 rings (SSSR count). The summed E-state index contributed by atoms with van der Waals surface area (Å²) >= 11 is 3.41. The average Bonchev–Trinajstić information content (AvgIpc) is 2.16. The van der Waals surface area contributed by atoms with Crippen LogP contribution < -0.4 is 4.74 Å². The Bertz CT molecular complexity index is 442. The number of hydrogen-bond acceptors (Lipinski definition) is 2. The third-order valence-electron chi connectivity index (χ3n) is 1.90. The number of pyridine rings is 1. The number of rotatable bonds is 1. The summed E-state index contributed by atoms with van der Waals surface area (Å²) in [6.07, 6.45) is 3.54. The molecule has 1 aromatic heterocycles. The van der Waals surface area contributed by atoms with E-state index in [1.165, 1.54) is 0 Å². The lowest BCUT2D eigenvalue weighted by Crippen LogP contribution is -1.86. The van der Waals surface area contributed by atoms with Crippen LogP contribution in [0.3, 0.4) is 0 Å². The van der Waals surface area contributed by atoms with Gasteiger partial charge in [0.05, 0.1) is 13.3 Å². The number of halogens is 1. The van der Waals surface area contributed by atoms with Crippen molar-refractivity contribution in [1.82, 2.24) is 4.98 Å². The molecule has 2 nitrogen and oxygen atoms in total. The smallest absolute Gasteiger partial charge is 0.144 e. The van der Waals surface area contributed by atoms with E-state index in [4.69, 9.17) is 4.74 Å². The van der Waals surface area contributed by atoms with Crippen LogP contribution in [-0.4, -0.2) is 12.1 Å². The molecule has 0 unspecified atom stereocenters. The molecule has 0 aliphatic rings. The Morgan fingerprint density at radius 3 is 2.92 bits per heavy atom. The van der Waals surface area contributed by atoms with E-state index in [-0.39, 0.29) is 0 Å². The number of benzene rings is 1. The summed E-state index contributed by atoms with van der Waals surface area (Å²) < 4.78 is 6.24.